The highest BCUT2D eigenvalue weighted by Gasteiger charge is 2.12. The Bertz CT molecular complexity index is 726. The second-order valence-electron chi connectivity index (χ2n) is 4.19. The molecule has 0 atom stereocenters. The quantitative estimate of drug-likeness (QED) is 0.826. The summed E-state index contributed by atoms with van der Waals surface area (Å²) in [5.74, 6) is 1.20. The second kappa shape index (κ2) is 6.13. The Kier molecular flexibility index (Phi) is 4.46. The smallest absolute Gasteiger partial charge is 0.262 e. The van der Waals surface area contributed by atoms with Gasteiger partial charge in [0, 0.05) is 0 Å². The van der Waals surface area contributed by atoms with Gasteiger partial charge in [0.2, 0.25) is 0 Å². The van der Waals surface area contributed by atoms with Crippen molar-refractivity contribution in [3.05, 3.63) is 42.5 Å². The molecule has 112 valence electrons. The number of ether oxygens (including phenoxy) is 2. The summed E-state index contributed by atoms with van der Waals surface area (Å²) in [6, 6.07) is 11.5. The van der Waals surface area contributed by atoms with Gasteiger partial charge >= 0.3 is 0 Å². The summed E-state index contributed by atoms with van der Waals surface area (Å²) in [7, 11) is -0.759. The molecule has 0 fully saturated rings. The van der Waals surface area contributed by atoms with Crippen molar-refractivity contribution in [3.8, 4) is 22.6 Å². The summed E-state index contributed by atoms with van der Waals surface area (Å²) in [5, 5.41) is 8.59. The molecule has 2 N–H and O–H groups in total. The summed E-state index contributed by atoms with van der Waals surface area (Å²) in [6.07, 6.45) is 0. The average Bonchev–Trinajstić information content (AvgIpc) is 2.54. The first-order valence-corrected chi connectivity index (χ1v) is 7.48. The largest absolute Gasteiger partial charge is 0.493 e. The molecule has 0 unspecified atom stereocenters. The molecule has 0 amide bonds. The number of hydrogen-bond donors (Lipinski definition) is 2. The van der Waals surface area contributed by atoms with Crippen molar-refractivity contribution in [1.29, 1.82) is 0 Å². The summed E-state index contributed by atoms with van der Waals surface area (Å²) >= 11 is 0. The van der Waals surface area contributed by atoms with E-state index in [0.717, 1.165) is 11.1 Å². The van der Waals surface area contributed by atoms with Crippen molar-refractivity contribution in [1.82, 2.24) is 4.89 Å². The minimum atomic E-state index is -3.86. The van der Waals surface area contributed by atoms with Gasteiger partial charge in [0.05, 0.1) is 19.1 Å². The number of hydrogen-bond acceptors (Lipinski definition) is 5. The van der Waals surface area contributed by atoms with Crippen molar-refractivity contribution in [2.75, 3.05) is 14.2 Å². The highest BCUT2D eigenvalue weighted by atomic mass is 32.2. The zero-order chi connectivity index (χ0) is 15.5. The van der Waals surface area contributed by atoms with E-state index in [1.54, 1.807) is 38.5 Å². The number of rotatable bonds is 5. The summed E-state index contributed by atoms with van der Waals surface area (Å²) in [6.45, 7) is 0. The lowest BCUT2D eigenvalue weighted by Gasteiger charge is -2.10. The van der Waals surface area contributed by atoms with Crippen LogP contribution in [-0.2, 0) is 10.0 Å². The Morgan fingerprint density at radius 3 is 2.00 bits per heavy atom. The van der Waals surface area contributed by atoms with Gasteiger partial charge < -0.3 is 14.7 Å². The average molecular weight is 309 g/mol. The van der Waals surface area contributed by atoms with Crippen LogP contribution in [0.1, 0.15) is 0 Å². The predicted molar refractivity (Wildman–Crippen MR) is 77.1 cm³/mol. The van der Waals surface area contributed by atoms with E-state index in [1.165, 1.54) is 17.0 Å². The molecule has 2 aromatic carbocycles. The van der Waals surface area contributed by atoms with E-state index in [1.807, 2.05) is 6.07 Å². The zero-order valence-corrected chi connectivity index (χ0v) is 12.3. The molecule has 0 saturated carbocycles. The van der Waals surface area contributed by atoms with E-state index in [4.69, 9.17) is 14.7 Å². The summed E-state index contributed by atoms with van der Waals surface area (Å²) < 4.78 is 33.3. The summed E-state index contributed by atoms with van der Waals surface area (Å²) in [5.41, 5.74) is 1.67. The van der Waals surface area contributed by atoms with Crippen molar-refractivity contribution >= 4 is 10.0 Å². The molecule has 21 heavy (non-hydrogen) atoms. The van der Waals surface area contributed by atoms with Crippen LogP contribution >= 0.6 is 0 Å². The highest BCUT2D eigenvalue weighted by Crippen LogP contribution is 2.32. The third-order valence-corrected chi connectivity index (χ3v) is 4.13. The van der Waals surface area contributed by atoms with E-state index < -0.39 is 10.0 Å². The van der Waals surface area contributed by atoms with Crippen molar-refractivity contribution < 1.29 is 23.1 Å². The fourth-order valence-corrected chi connectivity index (χ4v) is 2.49. The molecule has 0 spiro atoms. The van der Waals surface area contributed by atoms with Gasteiger partial charge in [-0.3, -0.25) is 0 Å². The Labute approximate surface area is 123 Å². The molecule has 0 heterocycles. The lowest BCUT2D eigenvalue weighted by atomic mass is 10.1. The molecule has 6 nitrogen and oxygen atoms in total. The molecule has 7 heteroatoms. The normalized spacial score (nSPS) is 11.2. The fourth-order valence-electron chi connectivity index (χ4n) is 1.90. The third-order valence-electron chi connectivity index (χ3n) is 3.00. The molecule has 2 rings (SSSR count). The lowest BCUT2D eigenvalue weighted by molar-refractivity contribution is 0.242. The van der Waals surface area contributed by atoms with Crippen LogP contribution in [0.2, 0.25) is 0 Å². The van der Waals surface area contributed by atoms with Crippen LogP contribution < -0.4 is 14.4 Å². The molecule has 2 aromatic rings. The second-order valence-corrected chi connectivity index (χ2v) is 5.85. The number of nitrogens with one attached hydrogen (secondary N) is 1. The van der Waals surface area contributed by atoms with Crippen LogP contribution in [0.15, 0.2) is 47.4 Å². The SMILES string of the molecule is COc1ccc(-c2ccc(S(=O)(=O)NO)cc2)cc1OC. The van der Waals surface area contributed by atoms with Gasteiger partial charge in [0.15, 0.2) is 11.5 Å². The van der Waals surface area contributed by atoms with E-state index in [0.29, 0.717) is 11.5 Å². The topological polar surface area (TPSA) is 84.9 Å². The third kappa shape index (κ3) is 3.15. The van der Waals surface area contributed by atoms with Crippen LogP contribution in [0.25, 0.3) is 11.1 Å². The van der Waals surface area contributed by atoms with Crippen molar-refractivity contribution in [2.45, 2.75) is 4.90 Å². The van der Waals surface area contributed by atoms with Gasteiger partial charge in [-0.05, 0) is 35.4 Å². The first-order valence-electron chi connectivity index (χ1n) is 6.00. The molecule has 0 aliphatic heterocycles. The molecule has 0 radical (unpaired) electrons. The number of methoxy groups -OCH3 is 2. The minimum Gasteiger partial charge on any atom is -0.493 e. The highest BCUT2D eigenvalue weighted by molar-refractivity contribution is 7.89. The van der Waals surface area contributed by atoms with Gasteiger partial charge in [-0.1, -0.05) is 23.1 Å². The molecule has 0 aromatic heterocycles. The monoisotopic (exact) mass is 309 g/mol. The van der Waals surface area contributed by atoms with E-state index in [2.05, 4.69) is 0 Å². The van der Waals surface area contributed by atoms with Crippen LogP contribution in [0.4, 0.5) is 0 Å². The Morgan fingerprint density at radius 2 is 1.48 bits per heavy atom. The van der Waals surface area contributed by atoms with Crippen LogP contribution in [0.3, 0.4) is 0 Å². The first kappa shape index (κ1) is 15.3. The van der Waals surface area contributed by atoms with Gasteiger partial charge in [-0.2, -0.15) is 0 Å². The lowest BCUT2D eigenvalue weighted by Crippen LogP contribution is -2.19. The Hall–Kier alpha value is -2.09. The Balaban J connectivity index is 2.39. The number of benzene rings is 2. The van der Waals surface area contributed by atoms with Crippen molar-refractivity contribution in [2.24, 2.45) is 0 Å². The molecule has 0 aliphatic rings. The first-order chi connectivity index (χ1) is 10.0. The van der Waals surface area contributed by atoms with Gasteiger partial charge in [-0.25, -0.2) is 8.42 Å². The fraction of sp³-hybridized carbons (Fsp3) is 0.143. The standard InChI is InChI=1S/C14H15NO5S/c1-19-13-8-5-11(9-14(13)20-2)10-3-6-12(7-4-10)21(17,18)15-16/h3-9,15-16H,1-2H3. The number of sulfonamides is 1. The molecular formula is C14H15NO5S. The molecule has 0 bridgehead atoms. The molecule has 0 saturated heterocycles. The van der Waals surface area contributed by atoms with Gasteiger partial charge in [0.1, 0.15) is 0 Å². The maximum absolute atomic E-state index is 11.4. The van der Waals surface area contributed by atoms with Gasteiger partial charge in [0.25, 0.3) is 10.0 Å². The molecule has 0 aliphatic carbocycles. The predicted octanol–water partition coefficient (Wildman–Crippen LogP) is 2.04. The van der Waals surface area contributed by atoms with Crippen molar-refractivity contribution in [3.63, 3.8) is 0 Å². The summed E-state index contributed by atoms with van der Waals surface area (Å²) in [4.78, 5) is 1.27. The maximum atomic E-state index is 11.4. The maximum Gasteiger partial charge on any atom is 0.262 e. The van der Waals surface area contributed by atoms with Gasteiger partial charge in [-0.15, -0.1) is 0 Å². The molecular weight excluding hydrogens is 294 g/mol. The Morgan fingerprint density at radius 1 is 0.905 bits per heavy atom. The minimum absolute atomic E-state index is 0.0192. The van der Waals surface area contributed by atoms with E-state index >= 15 is 0 Å². The zero-order valence-electron chi connectivity index (χ0n) is 11.5. The van der Waals surface area contributed by atoms with Crippen LogP contribution in [-0.4, -0.2) is 27.8 Å². The van der Waals surface area contributed by atoms with E-state index in [-0.39, 0.29) is 4.90 Å². The van der Waals surface area contributed by atoms with E-state index in [9.17, 15) is 8.42 Å². The van der Waals surface area contributed by atoms with Crippen LogP contribution in [0.5, 0.6) is 11.5 Å². The van der Waals surface area contributed by atoms with Crippen LogP contribution in [0, 0.1) is 0 Å².